The number of rotatable bonds is 5. The topological polar surface area (TPSA) is 76.2 Å². The number of benzene rings is 1. The van der Waals surface area contributed by atoms with Crippen molar-refractivity contribution in [3.8, 4) is 11.5 Å². The van der Waals surface area contributed by atoms with E-state index in [0.717, 1.165) is 5.52 Å². The minimum atomic E-state index is -0.187. The number of amides is 1. The van der Waals surface area contributed by atoms with Gasteiger partial charge in [0.1, 0.15) is 0 Å². The van der Waals surface area contributed by atoms with Crippen LogP contribution in [0.3, 0.4) is 0 Å². The van der Waals surface area contributed by atoms with Gasteiger partial charge >= 0.3 is 0 Å². The highest BCUT2D eigenvalue weighted by molar-refractivity contribution is 6.19. The van der Waals surface area contributed by atoms with Crippen molar-refractivity contribution >= 4 is 34.5 Å². The first kappa shape index (κ1) is 13.5. The molecule has 0 aliphatic carbocycles. The number of aromatic nitrogens is 2. The molecule has 0 bridgehead atoms. The van der Waals surface area contributed by atoms with Gasteiger partial charge in [-0.05, 0) is 0 Å². The Bertz CT molecular complexity index is 556. The maximum Gasteiger partial charge on any atom is 0.227 e. The first-order valence-corrected chi connectivity index (χ1v) is 6.19. The van der Waals surface area contributed by atoms with E-state index in [1.54, 1.807) is 26.4 Å². The average Bonchev–Trinajstić information content (AvgIpc) is 2.78. The van der Waals surface area contributed by atoms with Gasteiger partial charge in [0.2, 0.25) is 11.9 Å². The minimum absolute atomic E-state index is 0.187. The van der Waals surface area contributed by atoms with Crippen LogP contribution in [0.5, 0.6) is 11.5 Å². The molecule has 0 radical (unpaired) electrons. The van der Waals surface area contributed by atoms with Crippen molar-refractivity contribution < 1.29 is 14.3 Å². The first-order valence-electron chi connectivity index (χ1n) is 5.65. The van der Waals surface area contributed by atoms with Crippen LogP contribution < -0.4 is 14.8 Å². The molecule has 1 aromatic heterocycles. The van der Waals surface area contributed by atoms with Crippen LogP contribution in [-0.2, 0) is 4.79 Å². The largest absolute Gasteiger partial charge is 0.493 e. The predicted octanol–water partition coefficient (Wildman–Crippen LogP) is 2.15. The number of carbonyl (C=O) groups is 1. The summed E-state index contributed by atoms with van der Waals surface area (Å²) in [4.78, 5) is 18.7. The molecule has 19 heavy (non-hydrogen) atoms. The SMILES string of the molecule is COc1cc2nc(NC(=O)CCCl)[nH]c2cc1OC. The van der Waals surface area contributed by atoms with Gasteiger partial charge in [-0.25, -0.2) is 4.98 Å². The number of fused-ring (bicyclic) bond motifs is 1. The van der Waals surface area contributed by atoms with Crippen LogP contribution in [0.15, 0.2) is 12.1 Å². The number of ether oxygens (including phenoxy) is 2. The van der Waals surface area contributed by atoms with Gasteiger partial charge in [0.25, 0.3) is 0 Å². The zero-order valence-electron chi connectivity index (χ0n) is 10.6. The number of imidazole rings is 1. The summed E-state index contributed by atoms with van der Waals surface area (Å²) >= 11 is 5.50. The zero-order valence-corrected chi connectivity index (χ0v) is 11.4. The minimum Gasteiger partial charge on any atom is -0.493 e. The highest BCUT2D eigenvalue weighted by Crippen LogP contribution is 2.31. The lowest BCUT2D eigenvalue weighted by Gasteiger charge is -2.06. The Labute approximate surface area is 115 Å². The Morgan fingerprint density at radius 3 is 2.68 bits per heavy atom. The lowest BCUT2D eigenvalue weighted by atomic mass is 10.3. The average molecular weight is 284 g/mol. The first-order chi connectivity index (χ1) is 9.17. The van der Waals surface area contributed by atoms with Crippen molar-refractivity contribution in [3.63, 3.8) is 0 Å². The molecule has 0 atom stereocenters. The number of halogens is 1. The second-order valence-electron chi connectivity index (χ2n) is 3.80. The van der Waals surface area contributed by atoms with Crippen LogP contribution in [0.2, 0.25) is 0 Å². The molecule has 0 saturated carbocycles. The van der Waals surface area contributed by atoms with E-state index in [9.17, 15) is 4.79 Å². The van der Waals surface area contributed by atoms with Crippen LogP contribution in [0.25, 0.3) is 11.0 Å². The van der Waals surface area contributed by atoms with E-state index in [0.29, 0.717) is 23.0 Å². The van der Waals surface area contributed by atoms with Crippen LogP contribution >= 0.6 is 11.6 Å². The third-order valence-corrected chi connectivity index (χ3v) is 2.76. The zero-order chi connectivity index (χ0) is 13.8. The van der Waals surface area contributed by atoms with Crippen LogP contribution in [0.1, 0.15) is 6.42 Å². The van der Waals surface area contributed by atoms with Crippen molar-refractivity contribution in [2.45, 2.75) is 6.42 Å². The van der Waals surface area contributed by atoms with Crippen molar-refractivity contribution in [1.82, 2.24) is 9.97 Å². The van der Waals surface area contributed by atoms with Gasteiger partial charge in [0.15, 0.2) is 11.5 Å². The van der Waals surface area contributed by atoms with Gasteiger partial charge in [-0.15, -0.1) is 11.6 Å². The molecule has 6 nitrogen and oxygen atoms in total. The highest BCUT2D eigenvalue weighted by Gasteiger charge is 2.11. The molecule has 0 spiro atoms. The van der Waals surface area contributed by atoms with E-state index < -0.39 is 0 Å². The fraction of sp³-hybridized carbons (Fsp3) is 0.333. The Hall–Kier alpha value is -1.95. The number of anilines is 1. The third kappa shape index (κ3) is 2.90. The molecule has 102 valence electrons. The summed E-state index contributed by atoms with van der Waals surface area (Å²) in [6.45, 7) is 0. The quantitative estimate of drug-likeness (QED) is 0.825. The molecule has 2 rings (SSSR count). The monoisotopic (exact) mass is 283 g/mol. The van der Waals surface area contributed by atoms with Crippen LogP contribution in [0.4, 0.5) is 5.95 Å². The molecule has 2 aromatic rings. The molecular formula is C12H14ClN3O3. The predicted molar refractivity (Wildman–Crippen MR) is 73.2 cm³/mol. The number of alkyl halides is 1. The van der Waals surface area contributed by atoms with E-state index in [1.165, 1.54) is 0 Å². The maximum absolute atomic E-state index is 11.4. The second-order valence-corrected chi connectivity index (χ2v) is 4.17. The number of hydrogen-bond acceptors (Lipinski definition) is 4. The summed E-state index contributed by atoms with van der Waals surface area (Å²) in [5.74, 6) is 1.64. The van der Waals surface area contributed by atoms with E-state index >= 15 is 0 Å². The summed E-state index contributed by atoms with van der Waals surface area (Å²) in [5.41, 5.74) is 1.43. The molecule has 7 heteroatoms. The van der Waals surface area contributed by atoms with Crippen molar-refractivity contribution in [2.24, 2.45) is 0 Å². The van der Waals surface area contributed by atoms with Gasteiger partial charge in [-0.2, -0.15) is 0 Å². The fourth-order valence-corrected chi connectivity index (χ4v) is 1.85. The van der Waals surface area contributed by atoms with E-state index in [2.05, 4.69) is 15.3 Å². The number of carbonyl (C=O) groups excluding carboxylic acids is 1. The van der Waals surface area contributed by atoms with Crippen molar-refractivity contribution in [1.29, 1.82) is 0 Å². The van der Waals surface area contributed by atoms with E-state index in [1.807, 2.05) is 0 Å². The van der Waals surface area contributed by atoms with Crippen LogP contribution in [0, 0.1) is 0 Å². The Balaban J connectivity index is 2.32. The molecule has 0 fully saturated rings. The molecule has 2 N–H and O–H groups in total. The third-order valence-electron chi connectivity index (χ3n) is 2.57. The number of nitrogens with zero attached hydrogens (tertiary/aromatic N) is 1. The maximum atomic E-state index is 11.4. The number of methoxy groups -OCH3 is 2. The lowest BCUT2D eigenvalue weighted by molar-refractivity contribution is -0.115. The van der Waals surface area contributed by atoms with Gasteiger partial charge in [0.05, 0.1) is 25.3 Å². The second kappa shape index (κ2) is 5.79. The number of nitrogens with one attached hydrogen (secondary N) is 2. The highest BCUT2D eigenvalue weighted by atomic mass is 35.5. The van der Waals surface area contributed by atoms with Gasteiger partial charge in [-0.3, -0.25) is 10.1 Å². The molecular weight excluding hydrogens is 270 g/mol. The lowest BCUT2D eigenvalue weighted by Crippen LogP contribution is -2.12. The molecule has 0 saturated heterocycles. The molecule has 1 heterocycles. The fourth-order valence-electron chi connectivity index (χ4n) is 1.68. The summed E-state index contributed by atoms with van der Waals surface area (Å²) in [7, 11) is 3.11. The number of aromatic amines is 1. The summed E-state index contributed by atoms with van der Waals surface area (Å²) in [5, 5.41) is 2.64. The molecule has 0 aliphatic heterocycles. The molecule has 1 amide bonds. The molecule has 0 aliphatic rings. The molecule has 0 unspecified atom stereocenters. The van der Waals surface area contributed by atoms with E-state index in [4.69, 9.17) is 21.1 Å². The van der Waals surface area contributed by atoms with Crippen molar-refractivity contribution in [3.05, 3.63) is 12.1 Å². The molecule has 1 aromatic carbocycles. The Morgan fingerprint density at radius 1 is 1.37 bits per heavy atom. The number of hydrogen-bond donors (Lipinski definition) is 2. The summed E-state index contributed by atoms with van der Waals surface area (Å²) in [6.07, 6.45) is 0.241. The Kier molecular flexibility index (Phi) is 4.11. The van der Waals surface area contributed by atoms with Crippen LogP contribution in [-0.4, -0.2) is 36.0 Å². The van der Waals surface area contributed by atoms with Crippen molar-refractivity contribution in [2.75, 3.05) is 25.4 Å². The smallest absolute Gasteiger partial charge is 0.227 e. The Morgan fingerprint density at radius 2 is 2.05 bits per heavy atom. The number of H-pyrrole nitrogens is 1. The normalized spacial score (nSPS) is 10.5. The summed E-state index contributed by atoms with van der Waals surface area (Å²) in [6, 6.07) is 3.50. The van der Waals surface area contributed by atoms with E-state index in [-0.39, 0.29) is 18.2 Å². The summed E-state index contributed by atoms with van der Waals surface area (Å²) < 4.78 is 10.4. The van der Waals surface area contributed by atoms with Gasteiger partial charge in [0, 0.05) is 24.4 Å². The van der Waals surface area contributed by atoms with Gasteiger partial charge < -0.3 is 14.5 Å². The van der Waals surface area contributed by atoms with Gasteiger partial charge in [-0.1, -0.05) is 0 Å². The standard InChI is InChI=1S/C12H14ClN3O3/c1-18-9-5-7-8(6-10(9)19-2)15-12(14-7)16-11(17)3-4-13/h5-6H,3-4H2,1-2H3,(H2,14,15,16,17).